The van der Waals surface area contributed by atoms with Crippen LogP contribution in [-0.4, -0.2) is 62.8 Å². The van der Waals surface area contributed by atoms with Crippen molar-refractivity contribution in [3.05, 3.63) is 59.7 Å². The molecule has 0 radical (unpaired) electrons. The molecule has 2 rings (SSSR count). The molecular weight excluding hydrogens is 516 g/mol. The van der Waals surface area contributed by atoms with E-state index in [4.69, 9.17) is 18.9 Å². The second kappa shape index (κ2) is 14.1. The van der Waals surface area contributed by atoms with Gasteiger partial charge in [-0.05, 0) is 56.2 Å². The average Bonchev–Trinajstić information content (AvgIpc) is 2.92. The van der Waals surface area contributed by atoms with E-state index in [0.29, 0.717) is 0 Å². The fourth-order valence-electron chi connectivity index (χ4n) is 3.38. The summed E-state index contributed by atoms with van der Waals surface area (Å²) in [6.45, 7) is 4.37. The highest BCUT2D eigenvalue weighted by atomic mass is 32.2. The molecule has 0 heterocycles. The van der Waals surface area contributed by atoms with Gasteiger partial charge in [-0.1, -0.05) is 12.6 Å². The van der Waals surface area contributed by atoms with Gasteiger partial charge >= 0.3 is 11.9 Å². The van der Waals surface area contributed by atoms with Crippen LogP contribution in [0.3, 0.4) is 0 Å². The van der Waals surface area contributed by atoms with E-state index in [2.05, 4.69) is 6.58 Å². The number of hydrogen-bond acceptors (Lipinski definition) is 10. The summed E-state index contributed by atoms with van der Waals surface area (Å²) in [5.41, 5.74) is -1.73. The highest BCUT2D eigenvalue weighted by molar-refractivity contribution is 7.98. The molecule has 1 unspecified atom stereocenters. The predicted octanol–water partition coefficient (Wildman–Crippen LogP) is 4.66. The Bertz CT molecular complexity index is 1150. The topological polar surface area (TPSA) is 108 Å². The van der Waals surface area contributed by atoms with E-state index < -0.39 is 29.9 Å². The Morgan fingerprint density at radius 3 is 2.11 bits per heavy atom. The first-order valence-electron chi connectivity index (χ1n) is 11.3. The minimum atomic E-state index is -2.27. The normalized spacial score (nSPS) is 12.3. The summed E-state index contributed by atoms with van der Waals surface area (Å²) in [6, 6.07) is 10.0. The van der Waals surface area contributed by atoms with E-state index >= 15 is 0 Å². The standard InChI is InChI=1S/C27H32O8S2/c1-17(2)26(30)34-13-7-8-24(28)35-16-27(31,21-12-10-19(37-6)15-23(21)33-4)25(29)20-11-9-18(36-5)14-22(20)32-3/h9-12,14-15,31H,1,7-8,13,16H2,2-6H3. The largest absolute Gasteiger partial charge is 0.496 e. The summed E-state index contributed by atoms with van der Waals surface area (Å²) in [5, 5.41) is 11.8. The van der Waals surface area contributed by atoms with Gasteiger partial charge in [0, 0.05) is 27.3 Å². The number of ketones is 1. The Hall–Kier alpha value is -2.95. The van der Waals surface area contributed by atoms with Crippen molar-refractivity contribution >= 4 is 41.2 Å². The number of benzene rings is 2. The third-order valence-electron chi connectivity index (χ3n) is 5.43. The molecule has 2 aromatic carbocycles. The van der Waals surface area contributed by atoms with Crippen LogP contribution in [-0.2, 0) is 24.7 Å². The first-order valence-corrected chi connectivity index (χ1v) is 13.8. The van der Waals surface area contributed by atoms with E-state index in [-0.39, 0.29) is 47.6 Å². The number of thioether (sulfide) groups is 2. The third-order valence-corrected chi connectivity index (χ3v) is 6.88. The van der Waals surface area contributed by atoms with Gasteiger partial charge < -0.3 is 24.1 Å². The maximum Gasteiger partial charge on any atom is 0.333 e. The molecule has 0 spiro atoms. The summed E-state index contributed by atoms with van der Waals surface area (Å²) in [5.74, 6) is -1.38. The first-order chi connectivity index (χ1) is 17.6. The lowest BCUT2D eigenvalue weighted by molar-refractivity contribution is -0.151. The molecule has 0 bridgehead atoms. The quantitative estimate of drug-likeness (QED) is 0.118. The maximum atomic E-state index is 13.8. The highest BCUT2D eigenvalue weighted by Gasteiger charge is 2.43. The van der Waals surface area contributed by atoms with Crippen molar-refractivity contribution in [2.24, 2.45) is 0 Å². The molecule has 200 valence electrons. The van der Waals surface area contributed by atoms with Crippen molar-refractivity contribution in [2.45, 2.75) is 35.2 Å². The van der Waals surface area contributed by atoms with Crippen LogP contribution in [0.2, 0.25) is 0 Å². The van der Waals surface area contributed by atoms with E-state index in [1.807, 2.05) is 12.5 Å². The Labute approximate surface area is 225 Å². The molecule has 0 fully saturated rings. The van der Waals surface area contributed by atoms with Crippen LogP contribution in [0.4, 0.5) is 0 Å². The second-order valence-electron chi connectivity index (χ2n) is 8.00. The van der Waals surface area contributed by atoms with Crippen molar-refractivity contribution < 1.29 is 38.4 Å². The zero-order valence-electron chi connectivity index (χ0n) is 21.6. The number of esters is 2. The van der Waals surface area contributed by atoms with Gasteiger partial charge in [-0.3, -0.25) is 9.59 Å². The summed E-state index contributed by atoms with van der Waals surface area (Å²) >= 11 is 2.95. The van der Waals surface area contributed by atoms with Crippen LogP contribution < -0.4 is 9.47 Å². The zero-order valence-corrected chi connectivity index (χ0v) is 23.3. The molecule has 37 heavy (non-hydrogen) atoms. The Kier molecular flexibility index (Phi) is 11.5. The fraction of sp³-hybridized carbons (Fsp3) is 0.370. The average molecular weight is 549 g/mol. The number of aliphatic hydroxyl groups is 1. The second-order valence-corrected chi connectivity index (χ2v) is 9.76. The van der Waals surface area contributed by atoms with Gasteiger partial charge in [-0.15, -0.1) is 23.5 Å². The molecular formula is C27H32O8S2. The molecule has 0 saturated heterocycles. The Morgan fingerprint density at radius 1 is 0.946 bits per heavy atom. The minimum absolute atomic E-state index is 0.00689. The fourth-order valence-corrected chi connectivity index (χ4v) is 4.23. The minimum Gasteiger partial charge on any atom is -0.496 e. The van der Waals surface area contributed by atoms with Crippen LogP contribution in [0, 0.1) is 0 Å². The summed E-state index contributed by atoms with van der Waals surface area (Å²) < 4.78 is 21.2. The molecule has 1 atom stereocenters. The van der Waals surface area contributed by atoms with Gasteiger partial charge in [0.05, 0.1) is 26.4 Å². The van der Waals surface area contributed by atoms with Crippen LogP contribution in [0.5, 0.6) is 11.5 Å². The van der Waals surface area contributed by atoms with E-state index in [0.717, 1.165) is 9.79 Å². The van der Waals surface area contributed by atoms with Gasteiger partial charge in [-0.2, -0.15) is 0 Å². The third kappa shape index (κ3) is 7.77. The van der Waals surface area contributed by atoms with Gasteiger partial charge in [0.25, 0.3) is 0 Å². The molecule has 10 heteroatoms. The smallest absolute Gasteiger partial charge is 0.333 e. The summed E-state index contributed by atoms with van der Waals surface area (Å²) in [4.78, 5) is 39.5. The van der Waals surface area contributed by atoms with Crippen molar-refractivity contribution in [1.29, 1.82) is 0 Å². The Balaban J connectivity index is 2.35. The number of ether oxygens (including phenoxy) is 4. The number of methoxy groups -OCH3 is 2. The number of carbonyl (C=O) groups excluding carboxylic acids is 3. The predicted molar refractivity (Wildman–Crippen MR) is 144 cm³/mol. The van der Waals surface area contributed by atoms with Gasteiger partial charge in [0.2, 0.25) is 5.78 Å². The molecule has 2 aromatic rings. The monoisotopic (exact) mass is 548 g/mol. The van der Waals surface area contributed by atoms with Crippen molar-refractivity contribution in [1.82, 2.24) is 0 Å². The van der Waals surface area contributed by atoms with Crippen LogP contribution in [0.25, 0.3) is 0 Å². The van der Waals surface area contributed by atoms with Crippen molar-refractivity contribution in [3.8, 4) is 11.5 Å². The van der Waals surface area contributed by atoms with Gasteiger partial charge in [-0.25, -0.2) is 4.79 Å². The number of carbonyl (C=O) groups is 3. The molecule has 0 aromatic heterocycles. The van der Waals surface area contributed by atoms with E-state index in [1.54, 1.807) is 36.4 Å². The van der Waals surface area contributed by atoms with E-state index in [9.17, 15) is 19.5 Å². The molecule has 0 aliphatic heterocycles. The van der Waals surface area contributed by atoms with Crippen LogP contribution in [0.1, 0.15) is 35.7 Å². The van der Waals surface area contributed by atoms with Crippen LogP contribution >= 0.6 is 23.5 Å². The zero-order chi connectivity index (χ0) is 27.6. The maximum absolute atomic E-state index is 13.8. The lowest BCUT2D eigenvalue weighted by Crippen LogP contribution is -2.41. The Morgan fingerprint density at radius 2 is 1.54 bits per heavy atom. The molecule has 0 aliphatic rings. The molecule has 0 amide bonds. The van der Waals surface area contributed by atoms with E-state index in [1.165, 1.54) is 44.7 Å². The summed E-state index contributed by atoms with van der Waals surface area (Å²) in [7, 11) is 2.86. The lowest BCUT2D eigenvalue weighted by atomic mass is 9.85. The molecule has 8 nitrogen and oxygen atoms in total. The van der Waals surface area contributed by atoms with Gasteiger partial charge in [0.15, 0.2) is 5.60 Å². The number of Topliss-reactive ketones (excluding diaryl/α,β-unsaturated/α-hetero) is 1. The van der Waals surface area contributed by atoms with Crippen molar-refractivity contribution in [3.63, 3.8) is 0 Å². The summed E-state index contributed by atoms with van der Waals surface area (Å²) in [6.07, 6.45) is 3.91. The first kappa shape index (κ1) is 30.3. The van der Waals surface area contributed by atoms with Crippen LogP contribution in [0.15, 0.2) is 58.3 Å². The van der Waals surface area contributed by atoms with Gasteiger partial charge in [0.1, 0.15) is 18.1 Å². The van der Waals surface area contributed by atoms with Crippen molar-refractivity contribution in [2.75, 3.05) is 39.9 Å². The number of rotatable bonds is 14. The molecule has 0 aliphatic carbocycles. The molecule has 0 saturated carbocycles. The SMILES string of the molecule is C=C(C)C(=O)OCCCC(=O)OCC(O)(C(=O)c1ccc(SC)cc1OC)c1ccc(SC)cc1OC. The molecule has 1 N–H and O–H groups in total. The lowest BCUT2D eigenvalue weighted by Gasteiger charge is -2.29. The highest BCUT2D eigenvalue weighted by Crippen LogP contribution is 2.38. The number of hydrogen-bond donors (Lipinski definition) is 1.